The van der Waals surface area contributed by atoms with Crippen LogP contribution < -0.4 is 59.3 Å². The van der Waals surface area contributed by atoms with Crippen LogP contribution in [0.3, 0.4) is 0 Å². The summed E-state index contributed by atoms with van der Waals surface area (Å²) in [6, 6.07) is 6.00. The number of aliphatic imine (C=N–C) groups is 1. The van der Waals surface area contributed by atoms with Crippen LogP contribution in [-0.2, 0) is 86.4 Å². The van der Waals surface area contributed by atoms with E-state index in [1.165, 1.54) is 34.1 Å². The Balaban J connectivity index is 0.0000240. The van der Waals surface area contributed by atoms with Crippen LogP contribution in [0.25, 0.3) is 10.9 Å². The van der Waals surface area contributed by atoms with E-state index in [1.54, 1.807) is 84.4 Å². The molecule has 1 aliphatic heterocycles. The molecule has 0 bridgehead atoms. The van der Waals surface area contributed by atoms with Crippen LogP contribution in [0.15, 0.2) is 90.1 Å². The van der Waals surface area contributed by atoms with Gasteiger partial charge in [-0.3, -0.25) is 86.9 Å². The van der Waals surface area contributed by atoms with E-state index in [9.17, 15) is 108 Å². The number of aromatic nitrogens is 1. The third kappa shape index (κ3) is 34.0. The number of amides is 9. The molecule has 0 spiro atoms. The average Bonchev–Trinajstić information content (AvgIpc) is 1.64. The maximum atomic E-state index is 15.0. The third-order valence-corrected chi connectivity index (χ3v) is 19.5. The Morgan fingerprint density at radius 1 is 0.466 bits per heavy atom. The number of aliphatic hydroxyl groups excluding tert-OH is 2. The summed E-state index contributed by atoms with van der Waals surface area (Å²) in [6.07, 6.45) is 3.04. The molecule has 1 saturated carbocycles. The molecule has 9 atom stereocenters. The van der Waals surface area contributed by atoms with Crippen LogP contribution in [0.2, 0.25) is 0 Å². The van der Waals surface area contributed by atoms with Crippen molar-refractivity contribution >= 4 is 120 Å². The molecule has 22 N–H and O–H groups in total. The van der Waals surface area contributed by atoms with E-state index in [4.69, 9.17) is 11.5 Å². The first-order chi connectivity index (χ1) is 54.7. The fourth-order valence-corrected chi connectivity index (χ4v) is 13.5. The van der Waals surface area contributed by atoms with Gasteiger partial charge in [0.25, 0.3) is 0 Å². The first-order valence-corrected chi connectivity index (χ1v) is 38.1. The predicted octanol–water partition coefficient (Wildman–Crippen LogP) is -4.03. The minimum atomic E-state index is -1.90. The van der Waals surface area contributed by atoms with Gasteiger partial charge in [0.2, 0.25) is 53.2 Å². The zero-order valence-electron chi connectivity index (χ0n) is 65.0. The quantitative estimate of drug-likeness (QED) is 0.00868. The van der Waals surface area contributed by atoms with E-state index < -0.39 is 183 Å². The number of carboxylic acid groups (broad SMARTS) is 5. The Bertz CT molecular complexity index is 3950. The summed E-state index contributed by atoms with van der Waals surface area (Å²) in [5.41, 5.74) is 13.3. The van der Waals surface area contributed by atoms with E-state index in [0.717, 1.165) is 19.3 Å². The SMILES string of the molecule is CC(C)C[C@H](NC(=O)[C@H](Cc1ccc(O)cc1)NC(=O)C(CCCN=C(N)N)NC(=O)C(CO)NC(=O)C(Cc1ccccc1)NC(=O)[C@H](CC1CCCCC1)NC(=O)[C@H](CC(=O)O)NC(=O)CN1CCN(CC(=O)O)CCN(CC(=O)O)CCN(CC(=O)O)CC1)C(=O)N[C@@H](Cc1c[nH]c2ccccc12)C(=O)N[C@@H](CO)C(=O)O.[68Ga]. The van der Waals surface area contributed by atoms with Crippen molar-refractivity contribution in [1.29, 1.82) is 0 Å². The monoisotopic (exact) mass is 1680 g/mol. The number of aromatic hydroxyl groups is 1. The second kappa shape index (κ2) is 49.2. The number of carbonyl (C=O) groups excluding carboxylic acids is 9. The number of phenols is 1. The maximum Gasteiger partial charge on any atom is 0.328 e. The van der Waals surface area contributed by atoms with Gasteiger partial charge in [0.05, 0.1) is 45.8 Å². The van der Waals surface area contributed by atoms with E-state index >= 15 is 0 Å². The summed E-state index contributed by atoms with van der Waals surface area (Å²) in [7, 11) is 0. The zero-order chi connectivity index (χ0) is 84.3. The molecule has 40 heteroatoms. The van der Waals surface area contributed by atoms with Gasteiger partial charge in [0.15, 0.2) is 5.96 Å². The first kappa shape index (κ1) is 95.8. The topological polar surface area (TPSA) is 602 Å². The molecule has 116 heavy (non-hydrogen) atoms. The van der Waals surface area contributed by atoms with Crippen molar-refractivity contribution < 1.29 is 108 Å². The zero-order valence-corrected chi connectivity index (χ0v) is 67.4. The Labute approximate surface area is 682 Å². The number of fused-ring (bicyclic) bond motifs is 1. The molecule has 633 valence electrons. The maximum absolute atomic E-state index is 15.0. The number of guanidine groups is 1. The third-order valence-electron chi connectivity index (χ3n) is 19.5. The number of aliphatic carboxylic acids is 5. The second-order valence-corrected chi connectivity index (χ2v) is 29.1. The number of hydrogen-bond acceptors (Lipinski definition) is 22. The van der Waals surface area contributed by atoms with Crippen LogP contribution in [0.4, 0.5) is 0 Å². The van der Waals surface area contributed by atoms with Gasteiger partial charge >= 0.3 is 29.8 Å². The van der Waals surface area contributed by atoms with Crippen molar-refractivity contribution in [3.8, 4) is 5.75 Å². The summed E-state index contributed by atoms with van der Waals surface area (Å²) >= 11 is 0. The van der Waals surface area contributed by atoms with Gasteiger partial charge < -0.3 is 105 Å². The fourth-order valence-electron chi connectivity index (χ4n) is 13.5. The molecule has 2 aliphatic rings. The number of aliphatic hydroxyl groups is 2. The van der Waals surface area contributed by atoms with E-state index in [-0.39, 0.29) is 147 Å². The van der Waals surface area contributed by atoms with Crippen LogP contribution in [0.5, 0.6) is 5.75 Å². The smallest absolute Gasteiger partial charge is 0.328 e. The molecule has 9 amide bonds. The van der Waals surface area contributed by atoms with E-state index in [2.05, 4.69) is 57.8 Å². The van der Waals surface area contributed by atoms with Gasteiger partial charge in [-0.15, -0.1) is 0 Å². The van der Waals surface area contributed by atoms with Gasteiger partial charge in [-0.25, -0.2) is 4.79 Å². The molecule has 1 saturated heterocycles. The fraction of sp³-hybridized carbons (Fsp3) is 0.539. The number of carboxylic acids is 5. The standard InChI is InChI=1S/C76H109N17O22.Ga/c1-45(2)32-54(68(107)87-58(72(111)89-61(44-95)75(114)115)36-49-38-80-52-17-10-9-16-51(49)52)83-69(108)57(35-48-19-21-50(96)22-20-48)84-67(106)53(18-11-23-79-76(77)78)82-74(113)60(43-94)88-71(110)56(34-47-14-7-4-8-15-47)85-70(109)55(33-46-12-5-3-6-13-46)86-73(112)59(37-63(98)99)81-62(97)39-90-24-26-91(40-64(100)101)28-30-93(42-66(104)105)31-29-92(27-25-90)41-65(102)103;/h4,7-10,14-17,19-22,38,45-46,53-61,80,94-96H,3,5-6,11-13,18,23-37,39-44H2,1-2H3,(H,81,97)(H,82,113)(H,83,108)(H,84,106)(H,85,109)(H,86,112)(H,87,107)(H,88,110)(H,89,111)(H,98,99)(H,100,101)(H,102,103)(H,104,105)(H,114,115)(H4,77,78,79);/t53?,54-,55-,56?,57-,58-,59-,60?,61-;/m0./s1/i;1-2. The summed E-state index contributed by atoms with van der Waals surface area (Å²) in [6.45, 7) is -0.184. The van der Waals surface area contributed by atoms with Crippen molar-refractivity contribution in [2.24, 2.45) is 28.3 Å². The summed E-state index contributed by atoms with van der Waals surface area (Å²) in [5.74, 6) is -16.7. The van der Waals surface area contributed by atoms with Crippen molar-refractivity contribution in [3.63, 3.8) is 0 Å². The second-order valence-electron chi connectivity index (χ2n) is 29.1. The van der Waals surface area contributed by atoms with E-state index in [0.29, 0.717) is 40.4 Å². The number of nitrogens with one attached hydrogen (secondary N) is 10. The van der Waals surface area contributed by atoms with Crippen LogP contribution in [-0.4, -0.2) is 327 Å². The molecule has 3 radical (unpaired) electrons. The molecule has 2 fully saturated rings. The summed E-state index contributed by atoms with van der Waals surface area (Å²) < 4.78 is 0. The van der Waals surface area contributed by atoms with Crippen molar-refractivity contribution in [3.05, 3.63) is 102 Å². The molecule has 6 rings (SSSR count). The number of para-hydroxylation sites is 1. The van der Waals surface area contributed by atoms with E-state index in [1.807, 2.05) is 0 Å². The van der Waals surface area contributed by atoms with Crippen LogP contribution in [0.1, 0.15) is 94.7 Å². The molecule has 1 aromatic heterocycles. The Morgan fingerprint density at radius 2 is 0.879 bits per heavy atom. The minimum Gasteiger partial charge on any atom is -0.508 e. The number of hydrogen-bond donors (Lipinski definition) is 20. The normalized spacial score (nSPS) is 16.5. The van der Waals surface area contributed by atoms with Gasteiger partial charge in [0.1, 0.15) is 60.1 Å². The molecule has 3 unspecified atom stereocenters. The van der Waals surface area contributed by atoms with Gasteiger partial charge in [-0.2, -0.15) is 0 Å². The van der Waals surface area contributed by atoms with Crippen molar-refractivity contribution in [1.82, 2.24) is 72.4 Å². The molecular formula is C76H109GaN17O22. The number of rotatable bonds is 44. The number of carbonyl (C=O) groups is 14. The van der Waals surface area contributed by atoms with Crippen molar-refractivity contribution in [2.45, 2.75) is 152 Å². The largest absolute Gasteiger partial charge is 0.508 e. The van der Waals surface area contributed by atoms with Crippen molar-refractivity contribution in [2.75, 3.05) is 98.3 Å². The molecule has 3 aromatic carbocycles. The molecule has 2 heterocycles. The van der Waals surface area contributed by atoms with Gasteiger partial charge in [0, 0.05) is 115 Å². The average molecular weight is 1680 g/mol. The number of H-pyrrole nitrogens is 1. The number of nitrogens with two attached hydrogens (primary N) is 2. The molecule has 4 aromatic rings. The molecule has 39 nitrogen and oxygen atoms in total. The molecular weight excluding hydrogens is 1570 g/mol. The number of phenolic OH excluding ortho intramolecular Hbond substituents is 1. The van der Waals surface area contributed by atoms with Crippen LogP contribution in [0, 0.1) is 11.8 Å². The van der Waals surface area contributed by atoms with Gasteiger partial charge in [-0.05, 0) is 72.4 Å². The Hall–Kier alpha value is -10.8. The van der Waals surface area contributed by atoms with Gasteiger partial charge in [-0.1, -0.05) is 107 Å². The summed E-state index contributed by atoms with van der Waals surface area (Å²) in [4.78, 5) is 205. The minimum absolute atomic E-state index is 0. The first-order valence-electron chi connectivity index (χ1n) is 38.1. The number of benzene rings is 3. The Morgan fingerprint density at radius 3 is 1.37 bits per heavy atom. The van der Waals surface area contributed by atoms with Crippen LogP contribution >= 0.6 is 0 Å². The summed E-state index contributed by atoms with van der Waals surface area (Å²) in [5, 5.41) is 104. The molecule has 1 aliphatic carbocycles. The Kier molecular flexibility index (Phi) is 40.7. The number of nitrogens with zero attached hydrogens (tertiary/aromatic N) is 5. The predicted molar refractivity (Wildman–Crippen MR) is 420 cm³/mol. The number of aromatic amines is 1.